The van der Waals surface area contributed by atoms with Gasteiger partial charge in [-0.2, -0.15) is 0 Å². The van der Waals surface area contributed by atoms with Gasteiger partial charge in [-0.1, -0.05) is 38.5 Å². The summed E-state index contributed by atoms with van der Waals surface area (Å²) < 4.78 is 0. The normalized spacial score (nSPS) is 41.4. The molecule has 1 nitrogen and oxygen atoms in total. The third-order valence-electron chi connectivity index (χ3n) is 6.86. The maximum Gasteiger partial charge on any atom is 0.0170 e. The Kier molecular flexibility index (Phi) is 3.60. The van der Waals surface area contributed by atoms with Crippen LogP contribution in [0.4, 0.5) is 0 Å². The first-order chi connectivity index (χ1) is 9.43. The lowest BCUT2D eigenvalue weighted by atomic mass is 9.59. The fraction of sp³-hybridized carbons (Fsp3) is 1.00. The molecule has 0 aromatic rings. The second-order valence-corrected chi connectivity index (χ2v) is 7.90. The van der Waals surface area contributed by atoms with Crippen molar-refractivity contribution in [1.29, 1.82) is 0 Å². The van der Waals surface area contributed by atoms with Crippen LogP contribution in [0.5, 0.6) is 0 Å². The molecule has 4 aliphatic rings. The average Bonchev–Trinajstić information content (AvgIpc) is 2.45. The van der Waals surface area contributed by atoms with Crippen molar-refractivity contribution in [2.45, 2.75) is 89.1 Å². The first kappa shape index (κ1) is 12.7. The molecule has 1 saturated heterocycles. The molecule has 4 fully saturated rings. The smallest absolute Gasteiger partial charge is 0.0170 e. The van der Waals surface area contributed by atoms with Crippen LogP contribution >= 0.6 is 0 Å². The zero-order chi connectivity index (χ0) is 12.7. The van der Waals surface area contributed by atoms with E-state index in [1.54, 1.807) is 19.3 Å². The van der Waals surface area contributed by atoms with Gasteiger partial charge >= 0.3 is 0 Å². The zero-order valence-corrected chi connectivity index (χ0v) is 12.5. The van der Waals surface area contributed by atoms with E-state index in [2.05, 4.69) is 4.90 Å². The lowest BCUT2D eigenvalue weighted by molar-refractivity contribution is -0.156. The molecule has 3 aliphatic carbocycles. The summed E-state index contributed by atoms with van der Waals surface area (Å²) >= 11 is 0. The Morgan fingerprint density at radius 1 is 0.684 bits per heavy atom. The predicted octanol–water partition coefficient (Wildman–Crippen LogP) is 4.61. The van der Waals surface area contributed by atoms with E-state index < -0.39 is 0 Å². The molecule has 0 radical (unpaired) electrons. The standard InChI is InChI=1S/C18H31N/c1-3-7-14(8-4-1)13-19-17-12-11-16(17)18(19)15-9-5-2-6-10-15/h14-18H,1-13H2. The Morgan fingerprint density at radius 3 is 2.00 bits per heavy atom. The van der Waals surface area contributed by atoms with Crippen LogP contribution in [0.2, 0.25) is 0 Å². The van der Waals surface area contributed by atoms with Gasteiger partial charge in [-0.15, -0.1) is 0 Å². The second-order valence-electron chi connectivity index (χ2n) is 7.90. The maximum atomic E-state index is 3.00. The highest BCUT2D eigenvalue weighted by atomic mass is 15.3. The van der Waals surface area contributed by atoms with Crippen molar-refractivity contribution >= 4 is 0 Å². The summed E-state index contributed by atoms with van der Waals surface area (Å²) in [5.41, 5.74) is 0. The Labute approximate surface area is 119 Å². The van der Waals surface area contributed by atoms with Gasteiger partial charge in [0.2, 0.25) is 0 Å². The van der Waals surface area contributed by atoms with E-state index in [9.17, 15) is 0 Å². The molecule has 1 aliphatic heterocycles. The Bertz CT molecular complexity index is 301. The molecule has 0 aromatic carbocycles. The molecule has 1 heteroatoms. The number of likely N-dealkylation sites (tertiary alicyclic amines) is 1. The minimum atomic E-state index is 1.03. The molecule has 19 heavy (non-hydrogen) atoms. The lowest BCUT2D eigenvalue weighted by Gasteiger charge is -2.65. The molecule has 3 atom stereocenters. The summed E-state index contributed by atoms with van der Waals surface area (Å²) in [6.07, 6.45) is 18.4. The van der Waals surface area contributed by atoms with Crippen LogP contribution in [0.25, 0.3) is 0 Å². The quantitative estimate of drug-likeness (QED) is 0.717. The lowest BCUT2D eigenvalue weighted by Crippen LogP contribution is -2.71. The van der Waals surface area contributed by atoms with Crippen molar-refractivity contribution in [2.24, 2.45) is 17.8 Å². The first-order valence-electron chi connectivity index (χ1n) is 9.19. The number of hydrogen-bond donors (Lipinski definition) is 0. The summed E-state index contributed by atoms with van der Waals surface area (Å²) in [6, 6.07) is 2.06. The van der Waals surface area contributed by atoms with Crippen molar-refractivity contribution in [1.82, 2.24) is 4.90 Å². The summed E-state index contributed by atoms with van der Waals surface area (Å²) in [5, 5.41) is 0. The van der Waals surface area contributed by atoms with E-state index in [4.69, 9.17) is 0 Å². The van der Waals surface area contributed by atoms with Crippen molar-refractivity contribution in [3.63, 3.8) is 0 Å². The molecule has 0 N–H and O–H groups in total. The minimum Gasteiger partial charge on any atom is -0.296 e. The van der Waals surface area contributed by atoms with Crippen molar-refractivity contribution < 1.29 is 0 Å². The Balaban J connectivity index is 1.38. The van der Waals surface area contributed by atoms with Gasteiger partial charge < -0.3 is 0 Å². The summed E-state index contributed by atoms with van der Waals surface area (Å²) in [6.45, 7) is 1.47. The largest absolute Gasteiger partial charge is 0.296 e. The molecule has 0 amide bonds. The molecule has 0 aromatic heterocycles. The molecule has 3 saturated carbocycles. The fourth-order valence-corrected chi connectivity index (χ4v) is 5.70. The van der Waals surface area contributed by atoms with Crippen LogP contribution in [-0.4, -0.2) is 23.5 Å². The molecule has 108 valence electrons. The van der Waals surface area contributed by atoms with Crippen LogP contribution in [0, 0.1) is 17.8 Å². The molecule has 3 unspecified atom stereocenters. The van der Waals surface area contributed by atoms with Crippen LogP contribution in [0.3, 0.4) is 0 Å². The van der Waals surface area contributed by atoms with Crippen molar-refractivity contribution in [3.8, 4) is 0 Å². The van der Waals surface area contributed by atoms with Crippen LogP contribution < -0.4 is 0 Å². The van der Waals surface area contributed by atoms with Crippen LogP contribution in [0.1, 0.15) is 77.0 Å². The van der Waals surface area contributed by atoms with Crippen molar-refractivity contribution in [2.75, 3.05) is 6.54 Å². The SMILES string of the molecule is C1CCC(CN2C3CCC3C2C2CCCCC2)CC1. The van der Waals surface area contributed by atoms with E-state index >= 15 is 0 Å². The minimum absolute atomic E-state index is 1.03. The van der Waals surface area contributed by atoms with Gasteiger partial charge in [-0.25, -0.2) is 0 Å². The van der Waals surface area contributed by atoms with Gasteiger partial charge in [0, 0.05) is 18.6 Å². The van der Waals surface area contributed by atoms with Crippen LogP contribution in [0.15, 0.2) is 0 Å². The highest BCUT2D eigenvalue weighted by Gasteiger charge is 2.55. The third-order valence-corrected chi connectivity index (χ3v) is 6.86. The predicted molar refractivity (Wildman–Crippen MR) is 80.2 cm³/mol. The number of fused-ring (bicyclic) bond motifs is 1. The molecular weight excluding hydrogens is 230 g/mol. The van der Waals surface area contributed by atoms with E-state index in [1.807, 2.05) is 0 Å². The van der Waals surface area contributed by atoms with Gasteiger partial charge in [0.25, 0.3) is 0 Å². The van der Waals surface area contributed by atoms with E-state index in [1.165, 1.54) is 64.3 Å². The van der Waals surface area contributed by atoms with Gasteiger partial charge in [-0.3, -0.25) is 4.90 Å². The topological polar surface area (TPSA) is 3.24 Å². The molecule has 4 rings (SSSR count). The maximum absolute atomic E-state index is 3.00. The first-order valence-corrected chi connectivity index (χ1v) is 9.19. The summed E-state index contributed by atoms with van der Waals surface area (Å²) in [4.78, 5) is 3.00. The van der Waals surface area contributed by atoms with E-state index in [0.29, 0.717) is 0 Å². The monoisotopic (exact) mass is 261 g/mol. The van der Waals surface area contributed by atoms with Gasteiger partial charge in [-0.05, 0) is 56.3 Å². The van der Waals surface area contributed by atoms with E-state index in [0.717, 1.165) is 29.8 Å². The molecule has 1 heterocycles. The van der Waals surface area contributed by atoms with Crippen LogP contribution in [-0.2, 0) is 0 Å². The van der Waals surface area contributed by atoms with Crippen molar-refractivity contribution in [3.05, 3.63) is 0 Å². The third kappa shape index (κ3) is 2.26. The summed E-state index contributed by atoms with van der Waals surface area (Å²) in [7, 11) is 0. The molecule has 0 bridgehead atoms. The number of nitrogens with zero attached hydrogens (tertiary/aromatic N) is 1. The average molecular weight is 261 g/mol. The van der Waals surface area contributed by atoms with Gasteiger partial charge in [0.05, 0.1) is 0 Å². The molecular formula is C18H31N. The number of hydrogen-bond acceptors (Lipinski definition) is 1. The zero-order valence-electron chi connectivity index (χ0n) is 12.5. The fourth-order valence-electron chi connectivity index (χ4n) is 5.70. The highest BCUT2D eigenvalue weighted by molar-refractivity contribution is 5.09. The number of piperidine rings is 1. The van der Waals surface area contributed by atoms with E-state index in [-0.39, 0.29) is 0 Å². The second kappa shape index (κ2) is 5.39. The Hall–Kier alpha value is -0.0400. The molecule has 0 spiro atoms. The summed E-state index contributed by atoms with van der Waals surface area (Å²) in [5.74, 6) is 3.27. The Morgan fingerprint density at radius 2 is 1.37 bits per heavy atom. The van der Waals surface area contributed by atoms with Gasteiger partial charge in [0.15, 0.2) is 0 Å². The number of rotatable bonds is 3. The van der Waals surface area contributed by atoms with Gasteiger partial charge in [0.1, 0.15) is 0 Å². The highest BCUT2D eigenvalue weighted by Crippen LogP contribution is 2.52.